The fourth-order valence-electron chi connectivity index (χ4n) is 3.18. The van der Waals surface area contributed by atoms with E-state index < -0.39 is 18.8 Å². The molecule has 0 bridgehead atoms. The number of hydrogen-bond donors (Lipinski definition) is 0. The predicted octanol–water partition coefficient (Wildman–Crippen LogP) is 3.28. The van der Waals surface area contributed by atoms with Gasteiger partial charge in [-0.1, -0.05) is 30.3 Å². The van der Waals surface area contributed by atoms with Gasteiger partial charge in [-0.2, -0.15) is 0 Å². The Bertz CT molecular complexity index is 521. The maximum absolute atomic E-state index is 13.3. The summed E-state index contributed by atoms with van der Waals surface area (Å²) in [5.41, 5.74) is 0.908. The zero-order valence-electron chi connectivity index (χ0n) is 13.7. The minimum absolute atomic E-state index is 0.187. The van der Waals surface area contributed by atoms with E-state index in [1.54, 1.807) is 0 Å². The van der Waals surface area contributed by atoms with Crippen LogP contribution >= 0.6 is 0 Å². The Morgan fingerprint density at radius 3 is 2.83 bits per heavy atom. The first-order valence-corrected chi connectivity index (χ1v) is 8.56. The van der Waals surface area contributed by atoms with Gasteiger partial charge in [-0.05, 0) is 31.2 Å². The second-order valence-corrected chi connectivity index (χ2v) is 6.29. The number of hydrogen-bond acceptors (Lipinski definition) is 4. The largest absolute Gasteiger partial charge is 0.445 e. The first-order chi connectivity index (χ1) is 11.8. The topological polar surface area (TPSA) is 48.0 Å². The molecule has 0 aromatic heterocycles. The molecule has 0 N–H and O–H groups in total. The van der Waals surface area contributed by atoms with Crippen LogP contribution in [0, 0.1) is 0 Å². The average molecular weight is 337 g/mol. The van der Waals surface area contributed by atoms with Gasteiger partial charge in [0.2, 0.25) is 0 Å². The highest BCUT2D eigenvalue weighted by Crippen LogP contribution is 2.25. The standard InChI is InChI=1S/C18H24FNO4/c19-11-15-10-16(24-17-8-4-5-9-22-17)12-20(15)18(21)23-13-14-6-2-1-3-7-14/h1-3,6-7,15-17H,4-5,8-13H2/t15-,16+,17?/m0/s1. The van der Waals surface area contributed by atoms with Crippen LogP contribution in [-0.4, -0.2) is 49.3 Å². The lowest BCUT2D eigenvalue weighted by Crippen LogP contribution is -2.38. The number of benzene rings is 1. The molecule has 0 spiro atoms. The molecule has 2 aliphatic heterocycles. The van der Waals surface area contributed by atoms with Crippen molar-refractivity contribution in [2.45, 2.75) is 50.7 Å². The van der Waals surface area contributed by atoms with Gasteiger partial charge >= 0.3 is 6.09 Å². The fourth-order valence-corrected chi connectivity index (χ4v) is 3.18. The van der Waals surface area contributed by atoms with E-state index in [0.29, 0.717) is 19.6 Å². The molecule has 1 amide bonds. The van der Waals surface area contributed by atoms with Crippen molar-refractivity contribution in [3.63, 3.8) is 0 Å². The maximum Gasteiger partial charge on any atom is 0.410 e. The van der Waals surface area contributed by atoms with Gasteiger partial charge in [0.25, 0.3) is 0 Å². The molecule has 2 fully saturated rings. The summed E-state index contributed by atoms with van der Waals surface area (Å²) in [6.45, 7) is 0.646. The molecule has 3 atom stereocenters. The first-order valence-electron chi connectivity index (χ1n) is 8.56. The molecular weight excluding hydrogens is 313 g/mol. The van der Waals surface area contributed by atoms with E-state index in [1.165, 1.54) is 4.90 Å². The lowest BCUT2D eigenvalue weighted by molar-refractivity contribution is -0.184. The summed E-state index contributed by atoms with van der Waals surface area (Å²) in [5.74, 6) is 0. The second kappa shape index (κ2) is 8.44. The second-order valence-electron chi connectivity index (χ2n) is 6.29. The van der Waals surface area contributed by atoms with Gasteiger partial charge < -0.3 is 14.2 Å². The van der Waals surface area contributed by atoms with Gasteiger partial charge in [0.15, 0.2) is 6.29 Å². The first kappa shape index (κ1) is 17.2. The molecule has 1 aromatic carbocycles. The van der Waals surface area contributed by atoms with Gasteiger partial charge in [-0.3, -0.25) is 4.90 Å². The Kier molecular flexibility index (Phi) is 6.04. The summed E-state index contributed by atoms with van der Waals surface area (Å²) < 4.78 is 30.1. The average Bonchev–Trinajstić information content (AvgIpc) is 3.04. The van der Waals surface area contributed by atoms with Crippen LogP contribution in [0.1, 0.15) is 31.2 Å². The van der Waals surface area contributed by atoms with Crippen molar-refractivity contribution in [3.05, 3.63) is 35.9 Å². The lowest BCUT2D eigenvalue weighted by Gasteiger charge is -2.25. The van der Waals surface area contributed by atoms with E-state index in [4.69, 9.17) is 14.2 Å². The number of likely N-dealkylation sites (tertiary alicyclic amines) is 1. The van der Waals surface area contributed by atoms with Gasteiger partial charge in [-0.25, -0.2) is 9.18 Å². The molecule has 1 aromatic rings. The van der Waals surface area contributed by atoms with Crippen molar-refractivity contribution < 1.29 is 23.4 Å². The normalized spacial score (nSPS) is 27.2. The summed E-state index contributed by atoms with van der Waals surface area (Å²) >= 11 is 0. The Balaban J connectivity index is 1.50. The van der Waals surface area contributed by atoms with Gasteiger partial charge in [-0.15, -0.1) is 0 Å². The van der Waals surface area contributed by atoms with Crippen molar-refractivity contribution in [2.24, 2.45) is 0 Å². The summed E-state index contributed by atoms with van der Waals surface area (Å²) in [7, 11) is 0. The summed E-state index contributed by atoms with van der Waals surface area (Å²) in [6.07, 6.45) is 2.55. The zero-order chi connectivity index (χ0) is 16.8. The van der Waals surface area contributed by atoms with E-state index in [0.717, 1.165) is 24.8 Å². The molecule has 2 aliphatic rings. The SMILES string of the molecule is O=C(OCc1ccccc1)N1C[C@H](OC2CCCCO2)C[C@H]1CF. The third-order valence-electron chi connectivity index (χ3n) is 4.48. The molecule has 6 heteroatoms. The third kappa shape index (κ3) is 4.45. The van der Waals surface area contributed by atoms with Gasteiger partial charge in [0.1, 0.15) is 13.3 Å². The van der Waals surface area contributed by atoms with Crippen LogP contribution in [0.25, 0.3) is 0 Å². The van der Waals surface area contributed by atoms with Crippen LogP contribution in [0.4, 0.5) is 9.18 Å². The number of alkyl halides is 1. The number of rotatable bonds is 5. The van der Waals surface area contributed by atoms with Crippen molar-refractivity contribution >= 4 is 6.09 Å². The van der Waals surface area contributed by atoms with Crippen molar-refractivity contribution in [1.29, 1.82) is 0 Å². The minimum Gasteiger partial charge on any atom is -0.445 e. The van der Waals surface area contributed by atoms with E-state index in [9.17, 15) is 9.18 Å². The summed E-state index contributed by atoms with van der Waals surface area (Å²) in [5, 5.41) is 0. The maximum atomic E-state index is 13.3. The quantitative estimate of drug-likeness (QED) is 0.827. The Morgan fingerprint density at radius 1 is 1.29 bits per heavy atom. The molecule has 2 heterocycles. The van der Waals surface area contributed by atoms with Crippen LogP contribution in [0.5, 0.6) is 0 Å². The Labute approximate surface area is 141 Å². The predicted molar refractivity (Wildman–Crippen MR) is 86.2 cm³/mol. The Hall–Kier alpha value is -1.66. The number of halogens is 1. The molecule has 5 nitrogen and oxygen atoms in total. The minimum atomic E-state index is -0.591. The fraction of sp³-hybridized carbons (Fsp3) is 0.611. The highest BCUT2D eigenvalue weighted by atomic mass is 19.1. The van der Waals surface area contributed by atoms with E-state index in [2.05, 4.69) is 0 Å². The number of nitrogens with zero attached hydrogens (tertiary/aromatic N) is 1. The van der Waals surface area contributed by atoms with Gasteiger partial charge in [0.05, 0.1) is 18.7 Å². The molecule has 0 aliphatic carbocycles. The Morgan fingerprint density at radius 2 is 2.12 bits per heavy atom. The zero-order valence-corrected chi connectivity index (χ0v) is 13.7. The van der Waals surface area contributed by atoms with Crippen molar-refractivity contribution in [2.75, 3.05) is 19.8 Å². The third-order valence-corrected chi connectivity index (χ3v) is 4.48. The monoisotopic (exact) mass is 337 g/mol. The summed E-state index contributed by atoms with van der Waals surface area (Å²) in [4.78, 5) is 13.7. The van der Waals surface area contributed by atoms with Crippen LogP contribution in [0.15, 0.2) is 30.3 Å². The van der Waals surface area contributed by atoms with Crippen LogP contribution in [0.2, 0.25) is 0 Å². The number of carbonyl (C=O) groups is 1. The molecule has 132 valence electrons. The summed E-state index contributed by atoms with van der Waals surface area (Å²) in [6, 6.07) is 8.96. The van der Waals surface area contributed by atoms with Crippen LogP contribution in [-0.2, 0) is 20.8 Å². The molecule has 2 saturated heterocycles. The van der Waals surface area contributed by atoms with E-state index in [-0.39, 0.29) is 19.0 Å². The highest BCUT2D eigenvalue weighted by Gasteiger charge is 2.38. The smallest absolute Gasteiger partial charge is 0.410 e. The molecule has 1 unspecified atom stereocenters. The molecule has 24 heavy (non-hydrogen) atoms. The van der Waals surface area contributed by atoms with Crippen molar-refractivity contribution in [1.82, 2.24) is 4.90 Å². The van der Waals surface area contributed by atoms with Crippen LogP contribution in [0.3, 0.4) is 0 Å². The van der Waals surface area contributed by atoms with Crippen molar-refractivity contribution in [3.8, 4) is 0 Å². The molecular formula is C18H24FNO4. The van der Waals surface area contributed by atoms with E-state index >= 15 is 0 Å². The van der Waals surface area contributed by atoms with Gasteiger partial charge in [0, 0.05) is 6.61 Å². The van der Waals surface area contributed by atoms with Crippen LogP contribution < -0.4 is 0 Å². The molecule has 0 saturated carbocycles. The molecule has 0 radical (unpaired) electrons. The number of carbonyl (C=O) groups excluding carboxylic acids is 1. The molecule has 3 rings (SSSR count). The highest BCUT2D eigenvalue weighted by molar-refractivity contribution is 5.68. The number of ether oxygens (including phenoxy) is 3. The van der Waals surface area contributed by atoms with E-state index in [1.807, 2.05) is 30.3 Å². The lowest BCUT2D eigenvalue weighted by atomic mass is 10.2. The number of amides is 1.